The number of hydrogen-bond acceptors (Lipinski definition) is 4. The van der Waals surface area contributed by atoms with Crippen LogP contribution in [0, 0.1) is 0 Å². The molecule has 2 rings (SSSR count). The van der Waals surface area contributed by atoms with Gasteiger partial charge in [-0.2, -0.15) is 0 Å². The lowest BCUT2D eigenvalue weighted by atomic mass is 10.1. The van der Waals surface area contributed by atoms with E-state index in [-0.39, 0.29) is 12.7 Å². The van der Waals surface area contributed by atoms with Gasteiger partial charge >= 0.3 is 0 Å². The second-order valence-corrected chi connectivity index (χ2v) is 4.85. The number of nitrogens with one attached hydrogen (secondary N) is 1. The minimum absolute atomic E-state index is 0.0547. The number of benzene rings is 1. The van der Waals surface area contributed by atoms with Gasteiger partial charge < -0.3 is 15.2 Å². The molecule has 1 aromatic carbocycles. The zero-order chi connectivity index (χ0) is 14.4. The smallest absolute Gasteiger partial charge is 0.169 e. The van der Waals surface area contributed by atoms with Crippen molar-refractivity contribution in [1.82, 2.24) is 4.98 Å². The minimum Gasteiger partial charge on any atom is -0.487 e. The fraction of sp³-hybridized carbons (Fsp3) is 0.312. The summed E-state index contributed by atoms with van der Waals surface area (Å²) < 4.78 is 5.71. The van der Waals surface area contributed by atoms with Crippen LogP contribution in [0.15, 0.2) is 42.6 Å². The molecule has 1 aromatic heterocycles. The summed E-state index contributed by atoms with van der Waals surface area (Å²) in [5, 5.41) is 12.4. The second kappa shape index (κ2) is 6.91. The SMILES string of the molecule is CC(C)Oc1cccnc1NCc1cccc(CO)c1. The van der Waals surface area contributed by atoms with Gasteiger partial charge in [-0.1, -0.05) is 24.3 Å². The van der Waals surface area contributed by atoms with E-state index in [2.05, 4.69) is 10.3 Å². The summed E-state index contributed by atoms with van der Waals surface area (Å²) in [5.41, 5.74) is 2.00. The summed E-state index contributed by atoms with van der Waals surface area (Å²) in [6, 6.07) is 11.6. The first-order chi connectivity index (χ1) is 9.69. The molecule has 4 heteroatoms. The zero-order valence-electron chi connectivity index (χ0n) is 11.8. The molecule has 0 atom stereocenters. The lowest BCUT2D eigenvalue weighted by Gasteiger charge is -2.14. The van der Waals surface area contributed by atoms with E-state index in [0.29, 0.717) is 6.54 Å². The maximum Gasteiger partial charge on any atom is 0.169 e. The summed E-state index contributed by atoms with van der Waals surface area (Å²) in [6.45, 7) is 4.67. The zero-order valence-corrected chi connectivity index (χ0v) is 11.8. The van der Waals surface area contributed by atoms with Gasteiger partial charge in [0, 0.05) is 12.7 Å². The van der Waals surface area contributed by atoms with Gasteiger partial charge in [0.2, 0.25) is 0 Å². The van der Waals surface area contributed by atoms with Crippen LogP contribution in [0.5, 0.6) is 5.75 Å². The molecule has 0 spiro atoms. The molecule has 0 aliphatic rings. The van der Waals surface area contributed by atoms with Crippen molar-refractivity contribution in [2.75, 3.05) is 5.32 Å². The van der Waals surface area contributed by atoms with E-state index in [1.54, 1.807) is 6.20 Å². The van der Waals surface area contributed by atoms with Crippen molar-refractivity contribution in [1.29, 1.82) is 0 Å². The van der Waals surface area contributed by atoms with Crippen LogP contribution in [0.4, 0.5) is 5.82 Å². The Balaban J connectivity index is 2.06. The maximum atomic E-state index is 9.14. The van der Waals surface area contributed by atoms with Gasteiger partial charge in [-0.25, -0.2) is 4.98 Å². The highest BCUT2D eigenvalue weighted by Gasteiger charge is 2.06. The molecule has 20 heavy (non-hydrogen) atoms. The molecular weight excluding hydrogens is 252 g/mol. The topological polar surface area (TPSA) is 54.4 Å². The fourth-order valence-corrected chi connectivity index (χ4v) is 1.90. The van der Waals surface area contributed by atoms with Gasteiger partial charge in [0.25, 0.3) is 0 Å². The highest BCUT2D eigenvalue weighted by Crippen LogP contribution is 2.22. The van der Waals surface area contributed by atoms with E-state index in [1.807, 2.05) is 50.2 Å². The molecule has 0 saturated heterocycles. The number of pyridine rings is 1. The van der Waals surface area contributed by atoms with E-state index < -0.39 is 0 Å². The number of ether oxygens (including phenoxy) is 1. The molecule has 0 saturated carbocycles. The Labute approximate surface area is 119 Å². The van der Waals surface area contributed by atoms with E-state index in [4.69, 9.17) is 9.84 Å². The molecule has 0 aliphatic carbocycles. The summed E-state index contributed by atoms with van der Waals surface area (Å²) in [7, 11) is 0. The van der Waals surface area contributed by atoms with Crippen LogP contribution in [-0.2, 0) is 13.2 Å². The number of aromatic nitrogens is 1. The van der Waals surface area contributed by atoms with Crippen molar-refractivity contribution in [3.63, 3.8) is 0 Å². The first-order valence-corrected chi connectivity index (χ1v) is 6.73. The van der Waals surface area contributed by atoms with Crippen LogP contribution in [0.2, 0.25) is 0 Å². The molecule has 4 nitrogen and oxygen atoms in total. The van der Waals surface area contributed by atoms with Gasteiger partial charge in [-0.3, -0.25) is 0 Å². The summed E-state index contributed by atoms with van der Waals surface area (Å²) >= 11 is 0. The van der Waals surface area contributed by atoms with Crippen LogP contribution in [0.25, 0.3) is 0 Å². The Hall–Kier alpha value is -2.07. The van der Waals surface area contributed by atoms with Crippen molar-refractivity contribution in [3.05, 3.63) is 53.7 Å². The Bertz CT molecular complexity index is 556. The third kappa shape index (κ3) is 3.96. The standard InChI is InChI=1S/C16H20N2O2/c1-12(2)20-15-7-4-8-17-16(15)18-10-13-5-3-6-14(9-13)11-19/h3-9,12,19H,10-11H2,1-2H3,(H,17,18). The number of aliphatic hydroxyl groups is 1. The van der Waals surface area contributed by atoms with Crippen LogP contribution in [0.3, 0.4) is 0 Å². The third-order valence-corrected chi connectivity index (χ3v) is 2.77. The normalized spacial score (nSPS) is 10.6. The maximum absolute atomic E-state index is 9.14. The number of hydrogen-bond donors (Lipinski definition) is 2. The van der Waals surface area contributed by atoms with Crippen molar-refractivity contribution < 1.29 is 9.84 Å². The van der Waals surface area contributed by atoms with Crippen molar-refractivity contribution >= 4 is 5.82 Å². The molecule has 0 fully saturated rings. The van der Waals surface area contributed by atoms with Gasteiger partial charge in [-0.05, 0) is 37.1 Å². The van der Waals surface area contributed by atoms with E-state index in [1.165, 1.54) is 0 Å². The predicted octanol–water partition coefficient (Wildman–Crippen LogP) is 2.97. The predicted molar refractivity (Wildman–Crippen MR) is 79.7 cm³/mol. The summed E-state index contributed by atoms with van der Waals surface area (Å²) in [4.78, 5) is 4.30. The number of nitrogens with zero attached hydrogens (tertiary/aromatic N) is 1. The third-order valence-electron chi connectivity index (χ3n) is 2.77. The second-order valence-electron chi connectivity index (χ2n) is 4.85. The van der Waals surface area contributed by atoms with Crippen LogP contribution in [-0.4, -0.2) is 16.2 Å². The molecule has 2 N–H and O–H groups in total. The number of rotatable bonds is 6. The van der Waals surface area contributed by atoms with E-state index >= 15 is 0 Å². The Morgan fingerprint density at radius 1 is 1.20 bits per heavy atom. The minimum atomic E-state index is 0.0547. The Morgan fingerprint density at radius 2 is 2.00 bits per heavy atom. The van der Waals surface area contributed by atoms with Gasteiger partial charge in [-0.15, -0.1) is 0 Å². The van der Waals surface area contributed by atoms with Gasteiger partial charge in [0.05, 0.1) is 12.7 Å². The van der Waals surface area contributed by atoms with Crippen molar-refractivity contribution in [2.24, 2.45) is 0 Å². The van der Waals surface area contributed by atoms with Crippen LogP contribution < -0.4 is 10.1 Å². The lowest BCUT2D eigenvalue weighted by molar-refractivity contribution is 0.243. The largest absolute Gasteiger partial charge is 0.487 e. The van der Waals surface area contributed by atoms with Crippen molar-refractivity contribution in [2.45, 2.75) is 33.1 Å². The number of aliphatic hydroxyl groups excluding tert-OH is 1. The van der Waals surface area contributed by atoms with E-state index in [9.17, 15) is 0 Å². The quantitative estimate of drug-likeness (QED) is 0.849. The Kier molecular flexibility index (Phi) is 4.96. The monoisotopic (exact) mass is 272 g/mol. The molecule has 0 bridgehead atoms. The highest BCUT2D eigenvalue weighted by molar-refractivity contribution is 5.50. The molecule has 0 amide bonds. The van der Waals surface area contributed by atoms with E-state index in [0.717, 1.165) is 22.7 Å². The number of anilines is 1. The molecule has 0 radical (unpaired) electrons. The summed E-state index contributed by atoms with van der Waals surface area (Å²) in [5.74, 6) is 1.48. The van der Waals surface area contributed by atoms with Gasteiger partial charge in [0.15, 0.2) is 11.6 Å². The fourth-order valence-electron chi connectivity index (χ4n) is 1.90. The van der Waals surface area contributed by atoms with Crippen molar-refractivity contribution in [3.8, 4) is 5.75 Å². The highest BCUT2D eigenvalue weighted by atomic mass is 16.5. The Morgan fingerprint density at radius 3 is 2.75 bits per heavy atom. The molecule has 0 aliphatic heterocycles. The average Bonchev–Trinajstić information content (AvgIpc) is 2.46. The molecule has 0 unspecified atom stereocenters. The van der Waals surface area contributed by atoms with Crippen LogP contribution >= 0.6 is 0 Å². The lowest BCUT2D eigenvalue weighted by Crippen LogP contribution is -2.09. The summed E-state index contributed by atoms with van der Waals surface area (Å²) in [6.07, 6.45) is 1.84. The first-order valence-electron chi connectivity index (χ1n) is 6.73. The van der Waals surface area contributed by atoms with Crippen LogP contribution in [0.1, 0.15) is 25.0 Å². The molecule has 1 heterocycles. The molecule has 2 aromatic rings. The van der Waals surface area contributed by atoms with Gasteiger partial charge in [0.1, 0.15) is 0 Å². The first kappa shape index (κ1) is 14.3. The molecular formula is C16H20N2O2. The molecule has 106 valence electrons. The average molecular weight is 272 g/mol.